The van der Waals surface area contributed by atoms with Gasteiger partial charge in [-0.2, -0.15) is 4.31 Å². The highest BCUT2D eigenvalue weighted by Crippen LogP contribution is 2.19. The van der Waals surface area contributed by atoms with Gasteiger partial charge in [-0.25, -0.2) is 8.42 Å². The number of sulfonamides is 1. The van der Waals surface area contributed by atoms with Crippen molar-refractivity contribution in [2.45, 2.75) is 30.2 Å². The number of hydrogen-bond acceptors (Lipinski definition) is 4. The van der Waals surface area contributed by atoms with Crippen molar-refractivity contribution in [3.05, 3.63) is 30.3 Å². The lowest BCUT2D eigenvalue weighted by molar-refractivity contribution is 0.106. The van der Waals surface area contributed by atoms with Crippen LogP contribution in [-0.4, -0.2) is 74.9 Å². The van der Waals surface area contributed by atoms with E-state index in [1.807, 2.05) is 6.07 Å². The Hall–Kier alpha value is -0.950. The number of piperazine rings is 1. The lowest BCUT2D eigenvalue weighted by Gasteiger charge is -2.39. The van der Waals surface area contributed by atoms with Gasteiger partial charge in [0.15, 0.2) is 0 Å². The fourth-order valence-electron chi connectivity index (χ4n) is 3.57. The van der Waals surface area contributed by atoms with E-state index in [0.29, 0.717) is 24.0 Å². The van der Waals surface area contributed by atoms with Gasteiger partial charge in [0.1, 0.15) is 0 Å². The molecular weight excluding hydrogens is 310 g/mol. The first-order valence-corrected chi connectivity index (χ1v) is 9.99. The molecule has 2 heterocycles. The van der Waals surface area contributed by atoms with Gasteiger partial charge < -0.3 is 4.90 Å². The molecule has 0 aliphatic carbocycles. The molecule has 23 heavy (non-hydrogen) atoms. The average Bonchev–Trinajstić information content (AvgIpc) is 2.58. The van der Waals surface area contributed by atoms with Crippen molar-refractivity contribution in [1.29, 1.82) is 0 Å². The normalized spacial score (nSPS) is 25.5. The van der Waals surface area contributed by atoms with E-state index in [1.165, 1.54) is 25.8 Å². The molecule has 0 saturated carbocycles. The molecule has 1 aromatic rings. The quantitative estimate of drug-likeness (QED) is 0.835. The van der Waals surface area contributed by atoms with Crippen LogP contribution in [0, 0.1) is 0 Å². The SMILES string of the molecule is CN1CCCCC1CN1CCN(S(=O)(=O)c2ccccc2)CC1. The van der Waals surface area contributed by atoms with E-state index in [9.17, 15) is 8.42 Å². The molecule has 0 N–H and O–H groups in total. The number of hydrogen-bond donors (Lipinski definition) is 0. The van der Waals surface area contributed by atoms with Crippen molar-refractivity contribution in [3.63, 3.8) is 0 Å². The van der Waals surface area contributed by atoms with Crippen molar-refractivity contribution < 1.29 is 8.42 Å². The number of likely N-dealkylation sites (tertiary alicyclic amines) is 1. The van der Waals surface area contributed by atoms with Gasteiger partial charge in [0.2, 0.25) is 10.0 Å². The molecule has 6 heteroatoms. The molecule has 2 fully saturated rings. The minimum absolute atomic E-state index is 0.403. The summed E-state index contributed by atoms with van der Waals surface area (Å²) < 4.78 is 26.9. The molecule has 0 amide bonds. The monoisotopic (exact) mass is 337 g/mol. The number of nitrogens with zero attached hydrogens (tertiary/aromatic N) is 3. The van der Waals surface area contributed by atoms with Gasteiger partial charge in [0, 0.05) is 38.8 Å². The molecule has 1 atom stereocenters. The van der Waals surface area contributed by atoms with Crippen LogP contribution in [0.3, 0.4) is 0 Å². The fraction of sp³-hybridized carbons (Fsp3) is 0.647. The lowest BCUT2D eigenvalue weighted by atomic mass is 10.0. The summed E-state index contributed by atoms with van der Waals surface area (Å²) in [6, 6.07) is 9.39. The van der Waals surface area contributed by atoms with Crippen LogP contribution in [0.25, 0.3) is 0 Å². The zero-order valence-corrected chi connectivity index (χ0v) is 14.7. The zero-order chi connectivity index (χ0) is 16.3. The standard InChI is InChI=1S/C17H27N3O2S/c1-18-10-6-5-7-16(18)15-19-11-13-20(14-12-19)23(21,22)17-8-3-2-4-9-17/h2-4,8-9,16H,5-7,10-15H2,1H3. The molecule has 0 bridgehead atoms. The Balaban J connectivity index is 1.56. The largest absolute Gasteiger partial charge is 0.302 e. The Morgan fingerprint density at radius 3 is 2.35 bits per heavy atom. The van der Waals surface area contributed by atoms with Crippen LogP contribution < -0.4 is 0 Å². The van der Waals surface area contributed by atoms with Crippen molar-refractivity contribution in [2.24, 2.45) is 0 Å². The predicted octanol–water partition coefficient (Wildman–Crippen LogP) is 1.48. The molecule has 0 spiro atoms. The van der Waals surface area contributed by atoms with Crippen LogP contribution in [0.4, 0.5) is 0 Å². The third-order valence-electron chi connectivity index (χ3n) is 5.10. The summed E-state index contributed by atoms with van der Waals surface area (Å²) in [5.41, 5.74) is 0. The van der Waals surface area contributed by atoms with Gasteiger partial charge in [-0.15, -0.1) is 0 Å². The van der Waals surface area contributed by atoms with Crippen LogP contribution >= 0.6 is 0 Å². The highest BCUT2D eigenvalue weighted by molar-refractivity contribution is 7.89. The topological polar surface area (TPSA) is 43.9 Å². The van der Waals surface area contributed by atoms with Gasteiger partial charge in [-0.1, -0.05) is 24.6 Å². The number of likely N-dealkylation sites (N-methyl/N-ethyl adjacent to an activating group) is 1. The second-order valence-electron chi connectivity index (χ2n) is 6.65. The van der Waals surface area contributed by atoms with E-state index in [-0.39, 0.29) is 0 Å². The van der Waals surface area contributed by atoms with E-state index >= 15 is 0 Å². The van der Waals surface area contributed by atoms with Crippen molar-refractivity contribution >= 4 is 10.0 Å². The van der Waals surface area contributed by atoms with Crippen LogP contribution in [0.5, 0.6) is 0 Å². The summed E-state index contributed by atoms with van der Waals surface area (Å²) in [5.74, 6) is 0. The smallest absolute Gasteiger partial charge is 0.243 e. The Bertz CT molecular complexity index is 598. The van der Waals surface area contributed by atoms with E-state index < -0.39 is 10.0 Å². The number of piperidine rings is 1. The van der Waals surface area contributed by atoms with Gasteiger partial charge in [0.25, 0.3) is 0 Å². The van der Waals surface area contributed by atoms with E-state index in [4.69, 9.17) is 0 Å². The van der Waals surface area contributed by atoms with Gasteiger partial charge in [-0.3, -0.25) is 4.90 Å². The maximum atomic E-state index is 12.6. The second kappa shape index (κ2) is 7.30. The first-order chi connectivity index (χ1) is 11.1. The Morgan fingerprint density at radius 2 is 1.70 bits per heavy atom. The molecule has 1 aromatic carbocycles. The summed E-state index contributed by atoms with van der Waals surface area (Å²) in [7, 11) is -1.12. The molecule has 2 aliphatic heterocycles. The maximum absolute atomic E-state index is 12.6. The Labute approximate surface area is 139 Å². The van der Waals surface area contributed by atoms with Crippen LogP contribution in [0.2, 0.25) is 0 Å². The molecule has 1 unspecified atom stereocenters. The summed E-state index contributed by atoms with van der Waals surface area (Å²) in [6.07, 6.45) is 3.88. The number of rotatable bonds is 4. The average molecular weight is 337 g/mol. The zero-order valence-electron chi connectivity index (χ0n) is 13.9. The minimum atomic E-state index is -3.33. The fourth-order valence-corrected chi connectivity index (χ4v) is 5.01. The Morgan fingerprint density at radius 1 is 1.00 bits per heavy atom. The molecular formula is C17H27N3O2S. The lowest BCUT2D eigenvalue weighted by Crippen LogP contribution is -2.52. The number of benzene rings is 1. The molecule has 2 saturated heterocycles. The van der Waals surface area contributed by atoms with Crippen molar-refractivity contribution in [2.75, 3.05) is 46.3 Å². The van der Waals surface area contributed by atoms with Gasteiger partial charge >= 0.3 is 0 Å². The Kier molecular flexibility index (Phi) is 5.36. The van der Waals surface area contributed by atoms with Gasteiger partial charge in [0.05, 0.1) is 4.90 Å². The summed E-state index contributed by atoms with van der Waals surface area (Å²) in [6.45, 7) is 5.09. The summed E-state index contributed by atoms with van der Waals surface area (Å²) in [5, 5.41) is 0. The van der Waals surface area contributed by atoms with Gasteiger partial charge in [-0.05, 0) is 38.6 Å². The predicted molar refractivity (Wildman–Crippen MR) is 91.9 cm³/mol. The molecule has 3 rings (SSSR count). The van der Waals surface area contributed by atoms with Crippen molar-refractivity contribution in [3.8, 4) is 0 Å². The van der Waals surface area contributed by atoms with E-state index in [0.717, 1.165) is 19.6 Å². The molecule has 128 valence electrons. The summed E-state index contributed by atoms with van der Waals surface area (Å²) >= 11 is 0. The molecule has 0 aromatic heterocycles. The second-order valence-corrected chi connectivity index (χ2v) is 8.59. The van der Waals surface area contributed by atoms with Crippen LogP contribution in [0.15, 0.2) is 35.2 Å². The van der Waals surface area contributed by atoms with E-state index in [1.54, 1.807) is 28.6 Å². The van der Waals surface area contributed by atoms with Crippen LogP contribution in [-0.2, 0) is 10.0 Å². The summed E-state index contributed by atoms with van der Waals surface area (Å²) in [4.78, 5) is 5.28. The molecule has 0 radical (unpaired) electrons. The molecule has 2 aliphatic rings. The highest BCUT2D eigenvalue weighted by atomic mass is 32.2. The third kappa shape index (κ3) is 3.94. The van der Waals surface area contributed by atoms with E-state index in [2.05, 4.69) is 16.8 Å². The molecule has 5 nitrogen and oxygen atoms in total. The third-order valence-corrected chi connectivity index (χ3v) is 7.02. The first kappa shape index (κ1) is 16.9. The first-order valence-electron chi connectivity index (χ1n) is 8.55. The maximum Gasteiger partial charge on any atom is 0.243 e. The van der Waals surface area contributed by atoms with Crippen LogP contribution in [0.1, 0.15) is 19.3 Å². The highest BCUT2D eigenvalue weighted by Gasteiger charge is 2.30. The minimum Gasteiger partial charge on any atom is -0.302 e. The van der Waals surface area contributed by atoms with Crippen molar-refractivity contribution in [1.82, 2.24) is 14.1 Å².